The van der Waals surface area contributed by atoms with Gasteiger partial charge in [0, 0.05) is 18.0 Å². The molecule has 2 N–H and O–H groups in total. The second-order valence-electron chi connectivity index (χ2n) is 4.28. The summed E-state index contributed by atoms with van der Waals surface area (Å²) in [6.07, 6.45) is 3.34. The Morgan fingerprint density at radius 1 is 1.14 bits per heavy atom. The molecule has 0 bridgehead atoms. The first-order valence-corrected chi connectivity index (χ1v) is 6.49. The van der Waals surface area contributed by atoms with Gasteiger partial charge in [0.25, 0.3) is 0 Å². The lowest BCUT2D eigenvalue weighted by molar-refractivity contribution is 0.0697. The smallest absolute Gasteiger partial charge is 0.335 e. The Kier molecular flexibility index (Phi) is 3.33. The summed E-state index contributed by atoms with van der Waals surface area (Å²) in [7, 11) is 0. The molecular formula is C14H10N4O2S. The third-order valence-corrected chi connectivity index (χ3v) is 3.26. The van der Waals surface area contributed by atoms with Gasteiger partial charge in [-0.2, -0.15) is 5.10 Å². The first-order chi connectivity index (χ1) is 10.2. The quantitative estimate of drug-likeness (QED) is 0.726. The largest absolute Gasteiger partial charge is 0.478 e. The van der Waals surface area contributed by atoms with E-state index >= 15 is 0 Å². The molecule has 2 aromatic heterocycles. The number of nitrogens with zero attached hydrogens (tertiary/aromatic N) is 3. The van der Waals surface area contributed by atoms with Gasteiger partial charge in [-0.1, -0.05) is 0 Å². The summed E-state index contributed by atoms with van der Waals surface area (Å²) in [4.78, 5) is 14.9. The summed E-state index contributed by atoms with van der Waals surface area (Å²) >= 11 is 5.25. The maximum absolute atomic E-state index is 10.9. The number of carbonyl (C=O) groups is 1. The van der Waals surface area contributed by atoms with E-state index < -0.39 is 5.97 Å². The predicted molar refractivity (Wildman–Crippen MR) is 78.9 cm³/mol. The normalized spacial score (nSPS) is 10.5. The number of carboxylic acid groups (broad SMARTS) is 1. The van der Waals surface area contributed by atoms with Crippen molar-refractivity contribution >= 4 is 18.2 Å². The maximum atomic E-state index is 10.9. The minimum absolute atomic E-state index is 0.222. The van der Waals surface area contributed by atoms with Crippen LogP contribution in [0.25, 0.3) is 17.1 Å². The molecule has 7 heteroatoms. The Bertz CT molecular complexity index is 837. The number of carboxylic acids is 1. The van der Waals surface area contributed by atoms with E-state index in [0.717, 1.165) is 11.3 Å². The number of H-pyrrole nitrogens is 1. The highest BCUT2D eigenvalue weighted by molar-refractivity contribution is 7.71. The standard InChI is InChI=1S/C14H10N4O2S/c19-13(20)10-1-3-11(4-2-10)18-12(16-17-14(18)21)9-5-7-15-8-6-9/h1-8H,(H,17,21)(H,19,20). The Hall–Kier alpha value is -2.80. The summed E-state index contributed by atoms with van der Waals surface area (Å²) in [5.41, 5.74) is 1.82. The lowest BCUT2D eigenvalue weighted by atomic mass is 10.2. The van der Waals surface area contributed by atoms with E-state index in [-0.39, 0.29) is 5.56 Å². The van der Waals surface area contributed by atoms with Gasteiger partial charge in [-0.15, -0.1) is 0 Å². The third kappa shape index (κ3) is 2.46. The van der Waals surface area contributed by atoms with E-state index in [1.54, 1.807) is 29.1 Å². The molecule has 1 aromatic carbocycles. The number of rotatable bonds is 3. The maximum Gasteiger partial charge on any atom is 0.335 e. The van der Waals surface area contributed by atoms with E-state index in [9.17, 15) is 4.79 Å². The minimum Gasteiger partial charge on any atom is -0.478 e. The zero-order valence-corrected chi connectivity index (χ0v) is 11.5. The van der Waals surface area contributed by atoms with Gasteiger partial charge in [0.15, 0.2) is 10.6 Å². The number of hydrogen-bond acceptors (Lipinski definition) is 4. The fraction of sp³-hybridized carbons (Fsp3) is 0. The molecule has 0 aliphatic rings. The number of benzene rings is 1. The summed E-state index contributed by atoms with van der Waals surface area (Å²) in [6, 6.07) is 10.1. The van der Waals surface area contributed by atoms with Crippen molar-refractivity contribution in [2.45, 2.75) is 0 Å². The molecular weight excluding hydrogens is 288 g/mol. The molecule has 0 unspecified atom stereocenters. The van der Waals surface area contributed by atoms with Crippen molar-refractivity contribution in [2.24, 2.45) is 0 Å². The zero-order chi connectivity index (χ0) is 14.8. The van der Waals surface area contributed by atoms with Crippen molar-refractivity contribution < 1.29 is 9.90 Å². The van der Waals surface area contributed by atoms with Gasteiger partial charge in [-0.05, 0) is 48.6 Å². The highest BCUT2D eigenvalue weighted by atomic mass is 32.1. The number of pyridine rings is 1. The molecule has 2 heterocycles. The van der Waals surface area contributed by atoms with Crippen molar-refractivity contribution in [1.29, 1.82) is 0 Å². The third-order valence-electron chi connectivity index (χ3n) is 2.98. The average Bonchev–Trinajstić information content (AvgIpc) is 2.90. The number of aromatic carboxylic acids is 1. The van der Waals surface area contributed by atoms with E-state index in [1.165, 1.54) is 12.1 Å². The predicted octanol–water partition coefficient (Wildman–Crippen LogP) is 2.69. The van der Waals surface area contributed by atoms with Gasteiger partial charge in [0.2, 0.25) is 0 Å². The summed E-state index contributed by atoms with van der Waals surface area (Å²) in [5.74, 6) is -0.322. The van der Waals surface area contributed by atoms with Crippen molar-refractivity contribution in [1.82, 2.24) is 19.7 Å². The molecule has 0 radical (unpaired) electrons. The van der Waals surface area contributed by atoms with Crippen LogP contribution in [0, 0.1) is 4.77 Å². The topological polar surface area (TPSA) is 83.8 Å². The molecule has 0 atom stereocenters. The van der Waals surface area contributed by atoms with E-state index in [4.69, 9.17) is 17.3 Å². The van der Waals surface area contributed by atoms with Crippen LogP contribution >= 0.6 is 12.2 Å². The van der Waals surface area contributed by atoms with Gasteiger partial charge in [0.05, 0.1) is 11.3 Å². The second-order valence-corrected chi connectivity index (χ2v) is 4.66. The van der Waals surface area contributed by atoms with E-state index in [1.807, 2.05) is 12.1 Å². The van der Waals surface area contributed by atoms with Gasteiger partial charge in [0.1, 0.15) is 0 Å². The SMILES string of the molecule is O=C(O)c1ccc(-n2c(-c3ccncc3)n[nH]c2=S)cc1. The van der Waals surface area contributed by atoms with Crippen LogP contribution in [0.2, 0.25) is 0 Å². The van der Waals surface area contributed by atoms with Crippen LogP contribution in [0.1, 0.15) is 10.4 Å². The van der Waals surface area contributed by atoms with Crippen molar-refractivity contribution in [3.8, 4) is 17.1 Å². The Balaban J connectivity index is 2.13. The molecule has 21 heavy (non-hydrogen) atoms. The van der Waals surface area contributed by atoms with E-state index in [2.05, 4.69) is 15.2 Å². The molecule has 0 saturated carbocycles. The van der Waals surface area contributed by atoms with Gasteiger partial charge in [-0.3, -0.25) is 14.6 Å². The zero-order valence-electron chi connectivity index (χ0n) is 10.7. The molecule has 3 aromatic rings. The highest BCUT2D eigenvalue weighted by Crippen LogP contribution is 2.21. The van der Waals surface area contributed by atoms with Gasteiger partial charge >= 0.3 is 5.97 Å². The van der Waals surface area contributed by atoms with Gasteiger partial charge in [-0.25, -0.2) is 4.79 Å². The van der Waals surface area contributed by atoms with Crippen LogP contribution in [0.5, 0.6) is 0 Å². The molecule has 0 amide bonds. The molecule has 0 spiro atoms. The van der Waals surface area contributed by atoms with Crippen LogP contribution in [0.3, 0.4) is 0 Å². The number of hydrogen-bond donors (Lipinski definition) is 2. The van der Waals surface area contributed by atoms with Crippen LogP contribution in [0.4, 0.5) is 0 Å². The fourth-order valence-electron chi connectivity index (χ4n) is 1.98. The Labute approximate surface area is 124 Å². The molecule has 104 valence electrons. The van der Waals surface area contributed by atoms with Crippen LogP contribution in [0.15, 0.2) is 48.8 Å². The minimum atomic E-state index is -0.966. The van der Waals surface area contributed by atoms with Gasteiger partial charge < -0.3 is 5.11 Å². The molecule has 0 fully saturated rings. The molecule has 3 rings (SSSR count). The average molecular weight is 298 g/mol. The van der Waals surface area contributed by atoms with Crippen LogP contribution in [-0.2, 0) is 0 Å². The van der Waals surface area contributed by atoms with Crippen molar-refractivity contribution in [3.05, 3.63) is 59.1 Å². The monoisotopic (exact) mass is 298 g/mol. The Morgan fingerprint density at radius 3 is 2.43 bits per heavy atom. The number of aromatic nitrogens is 4. The molecule has 0 aliphatic heterocycles. The summed E-state index contributed by atoms with van der Waals surface area (Å²) in [5, 5.41) is 15.9. The summed E-state index contributed by atoms with van der Waals surface area (Å²) in [6.45, 7) is 0. The van der Waals surface area contributed by atoms with Crippen molar-refractivity contribution in [2.75, 3.05) is 0 Å². The van der Waals surface area contributed by atoms with E-state index in [0.29, 0.717) is 10.6 Å². The first kappa shape index (κ1) is 13.2. The van der Waals surface area contributed by atoms with Crippen LogP contribution in [-0.4, -0.2) is 30.8 Å². The lowest BCUT2D eigenvalue weighted by Gasteiger charge is -2.07. The molecule has 0 aliphatic carbocycles. The van der Waals surface area contributed by atoms with Crippen molar-refractivity contribution in [3.63, 3.8) is 0 Å². The first-order valence-electron chi connectivity index (χ1n) is 6.08. The molecule has 6 nitrogen and oxygen atoms in total. The molecule has 0 saturated heterocycles. The Morgan fingerprint density at radius 2 is 1.81 bits per heavy atom. The van der Waals surface area contributed by atoms with Crippen LogP contribution < -0.4 is 0 Å². The highest BCUT2D eigenvalue weighted by Gasteiger charge is 2.11. The second kappa shape index (κ2) is 5.29. The number of aromatic amines is 1. The lowest BCUT2D eigenvalue weighted by Crippen LogP contribution is -2.00. The number of nitrogens with one attached hydrogen (secondary N) is 1. The fourth-order valence-corrected chi connectivity index (χ4v) is 2.22. The summed E-state index contributed by atoms with van der Waals surface area (Å²) < 4.78 is 2.18.